The summed E-state index contributed by atoms with van der Waals surface area (Å²) in [5, 5.41) is 10.4. The van der Waals surface area contributed by atoms with Crippen LogP contribution in [0.2, 0.25) is 0 Å². The summed E-state index contributed by atoms with van der Waals surface area (Å²) in [7, 11) is 1.63. The molecular weight excluding hydrogens is 216 g/mol. The summed E-state index contributed by atoms with van der Waals surface area (Å²) < 4.78 is 0. The molecular formula is C13H18N2O2. The van der Waals surface area contributed by atoms with Crippen molar-refractivity contribution >= 4 is 5.91 Å². The zero-order valence-electron chi connectivity index (χ0n) is 10.4. The molecule has 0 saturated carbocycles. The molecule has 2 rings (SSSR count). The van der Waals surface area contributed by atoms with Crippen molar-refractivity contribution in [1.82, 2.24) is 9.80 Å². The molecule has 4 heteroatoms. The second-order valence-corrected chi connectivity index (χ2v) is 4.66. The van der Waals surface area contributed by atoms with E-state index in [0.717, 1.165) is 5.56 Å². The van der Waals surface area contributed by atoms with Crippen molar-refractivity contribution in [3.05, 3.63) is 35.9 Å². The Morgan fingerprint density at radius 3 is 2.41 bits per heavy atom. The van der Waals surface area contributed by atoms with Gasteiger partial charge in [0, 0.05) is 13.6 Å². The third kappa shape index (κ3) is 1.94. The quantitative estimate of drug-likeness (QED) is 0.830. The second-order valence-electron chi connectivity index (χ2n) is 4.66. The van der Waals surface area contributed by atoms with Gasteiger partial charge in [-0.25, -0.2) is 4.90 Å². The van der Waals surface area contributed by atoms with Gasteiger partial charge in [0.05, 0.1) is 6.04 Å². The smallest absolute Gasteiger partial charge is 0.242 e. The van der Waals surface area contributed by atoms with Crippen LogP contribution >= 0.6 is 0 Å². The van der Waals surface area contributed by atoms with Crippen LogP contribution in [-0.4, -0.2) is 39.8 Å². The number of carbonyl (C=O) groups is 1. The molecule has 1 fully saturated rings. The van der Waals surface area contributed by atoms with Gasteiger partial charge in [-0.15, -0.1) is 0 Å². The minimum atomic E-state index is -1.22. The normalized spacial score (nSPS) is 30.0. The van der Waals surface area contributed by atoms with Crippen LogP contribution in [0.1, 0.15) is 19.4 Å². The number of rotatable bonds is 2. The Bertz CT molecular complexity index is 417. The number of hydrogen-bond donors (Lipinski definition) is 1. The first kappa shape index (κ1) is 12.1. The molecule has 0 aromatic heterocycles. The van der Waals surface area contributed by atoms with Crippen LogP contribution in [0.5, 0.6) is 0 Å². The Kier molecular flexibility index (Phi) is 2.93. The first-order valence-corrected chi connectivity index (χ1v) is 5.75. The average molecular weight is 234 g/mol. The van der Waals surface area contributed by atoms with Gasteiger partial charge in [-0.1, -0.05) is 30.3 Å². The SMILES string of the molecule is CC1C(=O)N(C)C(C)(O)N1Cc1ccccc1. The molecule has 1 N–H and O–H groups in total. The van der Waals surface area contributed by atoms with Crippen molar-refractivity contribution in [2.45, 2.75) is 32.3 Å². The van der Waals surface area contributed by atoms with E-state index in [4.69, 9.17) is 0 Å². The monoisotopic (exact) mass is 234 g/mol. The maximum absolute atomic E-state index is 11.8. The summed E-state index contributed by atoms with van der Waals surface area (Å²) in [6, 6.07) is 9.55. The number of aliphatic hydroxyl groups is 1. The second kappa shape index (κ2) is 4.13. The fourth-order valence-corrected chi connectivity index (χ4v) is 2.25. The van der Waals surface area contributed by atoms with Gasteiger partial charge in [0.25, 0.3) is 0 Å². The molecule has 1 amide bonds. The molecule has 17 heavy (non-hydrogen) atoms. The van der Waals surface area contributed by atoms with Crippen molar-refractivity contribution in [3.8, 4) is 0 Å². The molecule has 1 aliphatic heterocycles. The van der Waals surface area contributed by atoms with Crippen LogP contribution < -0.4 is 0 Å². The van der Waals surface area contributed by atoms with Crippen molar-refractivity contribution in [2.24, 2.45) is 0 Å². The largest absolute Gasteiger partial charge is 0.358 e. The number of carbonyl (C=O) groups excluding carboxylic acids is 1. The molecule has 1 aliphatic rings. The highest BCUT2D eigenvalue weighted by Crippen LogP contribution is 2.29. The number of nitrogens with zero attached hydrogens (tertiary/aromatic N) is 2. The van der Waals surface area contributed by atoms with Crippen LogP contribution in [0, 0.1) is 0 Å². The van der Waals surface area contributed by atoms with Gasteiger partial charge < -0.3 is 10.0 Å². The fourth-order valence-electron chi connectivity index (χ4n) is 2.25. The van der Waals surface area contributed by atoms with Crippen LogP contribution in [0.4, 0.5) is 0 Å². The van der Waals surface area contributed by atoms with Gasteiger partial charge in [-0.2, -0.15) is 0 Å². The predicted octanol–water partition coefficient (Wildman–Crippen LogP) is 1.02. The maximum Gasteiger partial charge on any atom is 0.242 e. The third-order valence-electron chi connectivity index (χ3n) is 3.53. The van der Waals surface area contributed by atoms with Crippen LogP contribution in [0.3, 0.4) is 0 Å². The van der Waals surface area contributed by atoms with E-state index >= 15 is 0 Å². The van der Waals surface area contributed by atoms with E-state index in [1.807, 2.05) is 37.3 Å². The average Bonchev–Trinajstić information content (AvgIpc) is 2.46. The number of benzene rings is 1. The molecule has 1 saturated heterocycles. The number of likely N-dealkylation sites (N-methyl/N-ethyl adjacent to an activating group) is 1. The van der Waals surface area contributed by atoms with Crippen LogP contribution in [-0.2, 0) is 11.3 Å². The van der Waals surface area contributed by atoms with Gasteiger partial charge in [0.15, 0.2) is 5.85 Å². The van der Waals surface area contributed by atoms with E-state index < -0.39 is 5.85 Å². The Hall–Kier alpha value is -1.39. The van der Waals surface area contributed by atoms with Gasteiger partial charge in [0.2, 0.25) is 5.91 Å². The first-order chi connectivity index (χ1) is 7.94. The number of amides is 1. The van der Waals surface area contributed by atoms with Crippen LogP contribution in [0.25, 0.3) is 0 Å². The van der Waals surface area contributed by atoms with E-state index in [0.29, 0.717) is 6.54 Å². The summed E-state index contributed by atoms with van der Waals surface area (Å²) >= 11 is 0. The Morgan fingerprint density at radius 2 is 1.94 bits per heavy atom. The van der Waals surface area contributed by atoms with E-state index in [9.17, 15) is 9.90 Å². The Labute approximate surface area is 101 Å². The molecule has 0 radical (unpaired) electrons. The molecule has 2 atom stereocenters. The van der Waals surface area contributed by atoms with E-state index in [1.165, 1.54) is 4.90 Å². The maximum atomic E-state index is 11.8. The highest BCUT2D eigenvalue weighted by Gasteiger charge is 2.49. The Balaban J connectivity index is 2.24. The van der Waals surface area contributed by atoms with Crippen molar-refractivity contribution in [3.63, 3.8) is 0 Å². The van der Waals surface area contributed by atoms with Gasteiger partial charge in [-0.05, 0) is 19.4 Å². The molecule has 0 bridgehead atoms. The number of hydrogen-bond acceptors (Lipinski definition) is 3. The predicted molar refractivity (Wildman–Crippen MR) is 64.8 cm³/mol. The third-order valence-corrected chi connectivity index (χ3v) is 3.53. The van der Waals surface area contributed by atoms with Crippen molar-refractivity contribution in [1.29, 1.82) is 0 Å². The standard InChI is InChI=1S/C13H18N2O2/c1-10-12(16)14(3)13(2,17)15(10)9-11-7-5-4-6-8-11/h4-8,10,17H,9H2,1-3H3. The zero-order valence-corrected chi connectivity index (χ0v) is 10.4. The summed E-state index contributed by atoms with van der Waals surface area (Å²) in [5.41, 5.74) is 1.09. The minimum Gasteiger partial charge on any atom is -0.358 e. The van der Waals surface area contributed by atoms with Gasteiger partial charge in [0.1, 0.15) is 0 Å². The van der Waals surface area contributed by atoms with E-state index in [1.54, 1.807) is 18.9 Å². The van der Waals surface area contributed by atoms with Crippen molar-refractivity contribution < 1.29 is 9.90 Å². The molecule has 92 valence electrons. The molecule has 2 unspecified atom stereocenters. The van der Waals surface area contributed by atoms with E-state index in [2.05, 4.69) is 0 Å². The molecule has 1 aromatic rings. The zero-order chi connectivity index (χ0) is 12.6. The molecule has 0 spiro atoms. The lowest BCUT2D eigenvalue weighted by Crippen LogP contribution is -2.50. The highest BCUT2D eigenvalue weighted by molar-refractivity contribution is 5.84. The van der Waals surface area contributed by atoms with Crippen molar-refractivity contribution in [2.75, 3.05) is 7.05 Å². The lowest BCUT2D eigenvalue weighted by atomic mass is 10.2. The summed E-state index contributed by atoms with van der Waals surface area (Å²) in [6.45, 7) is 4.03. The minimum absolute atomic E-state index is 0.0501. The van der Waals surface area contributed by atoms with E-state index in [-0.39, 0.29) is 11.9 Å². The lowest BCUT2D eigenvalue weighted by molar-refractivity contribution is -0.165. The molecule has 0 aliphatic carbocycles. The Morgan fingerprint density at radius 1 is 1.35 bits per heavy atom. The first-order valence-electron chi connectivity index (χ1n) is 5.75. The fraction of sp³-hybridized carbons (Fsp3) is 0.462. The molecule has 4 nitrogen and oxygen atoms in total. The lowest BCUT2D eigenvalue weighted by Gasteiger charge is -2.34. The molecule has 1 heterocycles. The topological polar surface area (TPSA) is 43.8 Å². The van der Waals surface area contributed by atoms with Crippen LogP contribution in [0.15, 0.2) is 30.3 Å². The van der Waals surface area contributed by atoms with Gasteiger partial charge >= 0.3 is 0 Å². The highest BCUT2D eigenvalue weighted by atomic mass is 16.3. The van der Waals surface area contributed by atoms with Gasteiger partial charge in [-0.3, -0.25) is 4.79 Å². The summed E-state index contributed by atoms with van der Waals surface area (Å²) in [6.07, 6.45) is 0. The summed E-state index contributed by atoms with van der Waals surface area (Å²) in [4.78, 5) is 15.0. The molecule has 1 aromatic carbocycles. The summed E-state index contributed by atoms with van der Waals surface area (Å²) in [5.74, 6) is -1.27.